The molecule has 0 saturated heterocycles. The minimum atomic E-state index is -0.455. The Labute approximate surface area is 101 Å². The van der Waals surface area contributed by atoms with Crippen LogP contribution in [0.25, 0.3) is 5.57 Å². The number of allylic oxidation sites excluding steroid dienone is 2. The van der Waals surface area contributed by atoms with Gasteiger partial charge in [-0.25, -0.2) is 0 Å². The number of non-ortho nitro benzene ring substituents is 1. The molecule has 4 nitrogen and oxygen atoms in total. The molecule has 0 bridgehead atoms. The third-order valence-corrected chi connectivity index (χ3v) is 2.55. The first kappa shape index (κ1) is 12.6. The van der Waals surface area contributed by atoms with E-state index in [2.05, 4.69) is 15.9 Å². The van der Waals surface area contributed by atoms with Gasteiger partial charge in [0.05, 0.1) is 4.92 Å². The highest BCUT2D eigenvalue weighted by atomic mass is 79.9. The summed E-state index contributed by atoms with van der Waals surface area (Å²) in [4.78, 5) is 21.1. The first-order valence-electron chi connectivity index (χ1n) is 4.56. The average Bonchev–Trinajstić information content (AvgIpc) is 2.25. The largest absolute Gasteiger partial charge is 0.295 e. The molecule has 0 saturated carbocycles. The van der Waals surface area contributed by atoms with Gasteiger partial charge in [-0.05, 0) is 24.1 Å². The van der Waals surface area contributed by atoms with E-state index in [9.17, 15) is 14.9 Å². The molecule has 0 N–H and O–H groups in total. The lowest BCUT2D eigenvalue weighted by Gasteiger charge is -2.02. The second-order valence-electron chi connectivity index (χ2n) is 3.22. The van der Waals surface area contributed by atoms with Gasteiger partial charge in [-0.15, -0.1) is 0 Å². The summed E-state index contributed by atoms with van der Waals surface area (Å²) in [5.74, 6) is -0.0824. The van der Waals surface area contributed by atoms with Gasteiger partial charge < -0.3 is 0 Å². The number of nitro benzene ring substituents is 1. The van der Waals surface area contributed by atoms with Gasteiger partial charge in [-0.1, -0.05) is 28.1 Å². The van der Waals surface area contributed by atoms with Gasteiger partial charge in [0.25, 0.3) is 5.69 Å². The first-order valence-corrected chi connectivity index (χ1v) is 5.68. The van der Waals surface area contributed by atoms with Crippen molar-refractivity contribution in [2.45, 2.75) is 6.92 Å². The SMILES string of the molecule is CC(=O)/C=C(\CBr)c1cccc([N+](=O)[O-])c1. The molecule has 0 atom stereocenters. The maximum Gasteiger partial charge on any atom is 0.270 e. The van der Waals surface area contributed by atoms with Crippen molar-refractivity contribution in [2.75, 3.05) is 5.33 Å². The molecule has 0 fully saturated rings. The zero-order chi connectivity index (χ0) is 12.1. The summed E-state index contributed by atoms with van der Waals surface area (Å²) in [5.41, 5.74) is 1.44. The summed E-state index contributed by atoms with van der Waals surface area (Å²) < 4.78 is 0. The summed E-state index contributed by atoms with van der Waals surface area (Å²) in [6, 6.07) is 6.21. The molecule has 0 spiro atoms. The molecule has 0 unspecified atom stereocenters. The van der Waals surface area contributed by atoms with Crippen LogP contribution in [0.3, 0.4) is 0 Å². The van der Waals surface area contributed by atoms with Crippen molar-refractivity contribution in [1.29, 1.82) is 0 Å². The van der Waals surface area contributed by atoms with Gasteiger partial charge in [-0.2, -0.15) is 0 Å². The van der Waals surface area contributed by atoms with E-state index in [0.29, 0.717) is 10.9 Å². The number of carbonyl (C=O) groups is 1. The van der Waals surface area contributed by atoms with Crippen molar-refractivity contribution in [3.63, 3.8) is 0 Å². The monoisotopic (exact) mass is 283 g/mol. The molecule has 1 aromatic carbocycles. The predicted octanol–water partition coefficient (Wildman–Crippen LogP) is 2.96. The Balaban J connectivity index is 3.16. The van der Waals surface area contributed by atoms with Crippen molar-refractivity contribution in [2.24, 2.45) is 0 Å². The van der Waals surface area contributed by atoms with Crippen LogP contribution in [0.1, 0.15) is 12.5 Å². The molecule has 1 aromatic rings. The van der Waals surface area contributed by atoms with E-state index in [1.807, 2.05) is 0 Å². The number of nitro groups is 1. The first-order chi connectivity index (χ1) is 7.54. The molecule has 5 heteroatoms. The maximum absolute atomic E-state index is 11.0. The average molecular weight is 284 g/mol. The lowest BCUT2D eigenvalue weighted by atomic mass is 10.1. The van der Waals surface area contributed by atoms with Crippen LogP contribution in [-0.2, 0) is 4.79 Å². The highest BCUT2D eigenvalue weighted by Crippen LogP contribution is 2.21. The Morgan fingerprint density at radius 1 is 1.56 bits per heavy atom. The van der Waals surface area contributed by atoms with E-state index in [1.165, 1.54) is 25.1 Å². The Morgan fingerprint density at radius 3 is 2.75 bits per heavy atom. The van der Waals surface area contributed by atoms with Crippen LogP contribution >= 0.6 is 15.9 Å². The molecule has 0 heterocycles. The van der Waals surface area contributed by atoms with E-state index >= 15 is 0 Å². The summed E-state index contributed by atoms with van der Waals surface area (Å²) >= 11 is 3.25. The van der Waals surface area contributed by atoms with E-state index < -0.39 is 4.92 Å². The van der Waals surface area contributed by atoms with Gasteiger partial charge in [-0.3, -0.25) is 14.9 Å². The van der Waals surface area contributed by atoms with Gasteiger partial charge in [0.2, 0.25) is 0 Å². The number of hydrogen-bond donors (Lipinski definition) is 0. The summed E-state index contributed by atoms with van der Waals surface area (Å²) in [5, 5.41) is 11.1. The zero-order valence-electron chi connectivity index (χ0n) is 8.64. The molecule has 0 radical (unpaired) electrons. The topological polar surface area (TPSA) is 60.2 Å². The van der Waals surface area contributed by atoms with Crippen LogP contribution in [0.15, 0.2) is 30.3 Å². The summed E-state index contributed by atoms with van der Waals surface area (Å²) in [6.45, 7) is 1.44. The molecular weight excluding hydrogens is 274 g/mol. The lowest BCUT2D eigenvalue weighted by Crippen LogP contribution is -1.93. The molecular formula is C11H10BrNO3. The third-order valence-electron chi connectivity index (χ3n) is 1.95. The highest BCUT2D eigenvalue weighted by molar-refractivity contribution is 9.09. The van der Waals surface area contributed by atoms with Crippen LogP contribution in [0, 0.1) is 10.1 Å². The van der Waals surface area contributed by atoms with Crippen LogP contribution < -0.4 is 0 Å². The number of benzene rings is 1. The van der Waals surface area contributed by atoms with E-state index in [-0.39, 0.29) is 11.5 Å². The number of nitrogens with zero attached hydrogens (tertiary/aromatic N) is 1. The fraction of sp³-hybridized carbons (Fsp3) is 0.182. The molecule has 0 aliphatic carbocycles. The van der Waals surface area contributed by atoms with E-state index in [1.54, 1.807) is 12.1 Å². The van der Waals surface area contributed by atoms with E-state index in [0.717, 1.165) is 5.57 Å². The second-order valence-corrected chi connectivity index (χ2v) is 3.78. The maximum atomic E-state index is 11.0. The molecule has 84 valence electrons. The predicted molar refractivity (Wildman–Crippen MR) is 65.5 cm³/mol. The molecule has 0 aliphatic rings. The highest BCUT2D eigenvalue weighted by Gasteiger charge is 2.08. The minimum absolute atomic E-state index is 0.0212. The number of ketones is 1. The summed E-state index contributed by atoms with van der Waals surface area (Å²) in [7, 11) is 0. The quantitative estimate of drug-likeness (QED) is 0.369. The minimum Gasteiger partial charge on any atom is -0.295 e. The van der Waals surface area contributed by atoms with Crippen LogP contribution in [-0.4, -0.2) is 16.0 Å². The van der Waals surface area contributed by atoms with E-state index in [4.69, 9.17) is 0 Å². The Bertz CT molecular complexity index is 454. The number of hydrogen-bond acceptors (Lipinski definition) is 3. The fourth-order valence-corrected chi connectivity index (χ4v) is 1.75. The van der Waals surface area contributed by atoms with Crippen molar-refractivity contribution in [3.05, 3.63) is 46.0 Å². The fourth-order valence-electron chi connectivity index (χ4n) is 1.26. The van der Waals surface area contributed by atoms with Gasteiger partial charge in [0.15, 0.2) is 5.78 Å². The normalized spacial score (nSPS) is 11.2. The van der Waals surface area contributed by atoms with Crippen LogP contribution in [0.5, 0.6) is 0 Å². The summed E-state index contributed by atoms with van der Waals surface area (Å²) in [6.07, 6.45) is 1.47. The van der Waals surface area contributed by atoms with Crippen LogP contribution in [0.4, 0.5) is 5.69 Å². The van der Waals surface area contributed by atoms with Crippen molar-refractivity contribution >= 4 is 33.0 Å². The molecule has 0 aliphatic heterocycles. The number of carbonyl (C=O) groups excluding carboxylic acids is 1. The lowest BCUT2D eigenvalue weighted by molar-refractivity contribution is -0.384. The molecule has 16 heavy (non-hydrogen) atoms. The smallest absolute Gasteiger partial charge is 0.270 e. The van der Waals surface area contributed by atoms with Gasteiger partial charge in [0, 0.05) is 17.5 Å². The van der Waals surface area contributed by atoms with Gasteiger partial charge >= 0.3 is 0 Å². The van der Waals surface area contributed by atoms with Crippen LogP contribution in [0.2, 0.25) is 0 Å². The molecule has 1 rings (SSSR count). The number of rotatable bonds is 4. The second kappa shape index (κ2) is 5.55. The Morgan fingerprint density at radius 2 is 2.25 bits per heavy atom. The zero-order valence-corrected chi connectivity index (χ0v) is 10.2. The molecule has 0 amide bonds. The standard InChI is InChI=1S/C11H10BrNO3/c1-8(14)5-10(7-12)9-3-2-4-11(6-9)13(15)16/h2-6H,7H2,1H3/b10-5+. The third kappa shape index (κ3) is 3.27. The Hall–Kier alpha value is -1.49. The molecule has 0 aromatic heterocycles. The number of alkyl halides is 1. The Kier molecular flexibility index (Phi) is 4.37. The number of halogens is 1. The van der Waals surface area contributed by atoms with Crippen molar-refractivity contribution in [1.82, 2.24) is 0 Å². The van der Waals surface area contributed by atoms with Crippen molar-refractivity contribution in [3.8, 4) is 0 Å². The van der Waals surface area contributed by atoms with Crippen molar-refractivity contribution < 1.29 is 9.72 Å². The van der Waals surface area contributed by atoms with Gasteiger partial charge in [0.1, 0.15) is 0 Å².